The number of alkyl carbamates (subject to hydrolysis) is 1. The topological polar surface area (TPSA) is 65.4 Å². The lowest BCUT2D eigenvalue weighted by molar-refractivity contribution is 0.0478. The monoisotopic (exact) mass is 267 g/mol. The van der Waals surface area contributed by atoms with E-state index in [1.54, 1.807) is 0 Å². The lowest BCUT2D eigenvalue weighted by atomic mass is 10.0. The molecule has 19 heavy (non-hydrogen) atoms. The Balaban J connectivity index is 2.52. The molecule has 1 N–H and O–H groups in total. The third-order valence-corrected chi connectivity index (χ3v) is 3.13. The Morgan fingerprint density at radius 1 is 1.32 bits per heavy atom. The Labute approximate surface area is 115 Å². The Morgan fingerprint density at radius 2 is 1.89 bits per heavy atom. The fourth-order valence-electron chi connectivity index (χ4n) is 2.28. The summed E-state index contributed by atoms with van der Waals surface area (Å²) in [5.74, 6) is 0. The number of nitrogens with zero attached hydrogens (tertiary/aromatic N) is 2. The van der Waals surface area contributed by atoms with Crippen molar-refractivity contribution in [1.29, 1.82) is 5.26 Å². The summed E-state index contributed by atoms with van der Waals surface area (Å²) in [6, 6.07) is 1.77. The van der Waals surface area contributed by atoms with Crippen molar-refractivity contribution < 1.29 is 9.53 Å². The highest BCUT2D eigenvalue weighted by molar-refractivity contribution is 5.68. The lowest BCUT2D eigenvalue weighted by Gasteiger charge is -2.34. The van der Waals surface area contributed by atoms with Crippen LogP contribution in [0.25, 0.3) is 0 Å². The number of nitriles is 1. The Morgan fingerprint density at radius 3 is 2.37 bits per heavy atom. The molecule has 5 nitrogen and oxygen atoms in total. The van der Waals surface area contributed by atoms with Crippen molar-refractivity contribution in [2.24, 2.45) is 0 Å². The van der Waals surface area contributed by atoms with Crippen molar-refractivity contribution in [1.82, 2.24) is 10.2 Å². The van der Waals surface area contributed by atoms with E-state index >= 15 is 0 Å². The summed E-state index contributed by atoms with van der Waals surface area (Å²) >= 11 is 0. The van der Waals surface area contributed by atoms with E-state index in [1.165, 1.54) is 6.42 Å². The number of ether oxygens (including phenoxy) is 1. The van der Waals surface area contributed by atoms with E-state index in [9.17, 15) is 10.1 Å². The smallest absolute Gasteiger partial charge is 0.407 e. The minimum Gasteiger partial charge on any atom is -0.444 e. The van der Waals surface area contributed by atoms with Crippen LogP contribution in [0.4, 0.5) is 4.79 Å². The van der Waals surface area contributed by atoms with E-state index in [4.69, 9.17) is 4.74 Å². The Bertz CT molecular complexity index is 338. The summed E-state index contributed by atoms with van der Waals surface area (Å²) in [6.07, 6.45) is 3.01. The maximum absolute atomic E-state index is 11.7. The van der Waals surface area contributed by atoms with E-state index in [1.807, 2.05) is 27.7 Å². The van der Waals surface area contributed by atoms with Crippen LogP contribution < -0.4 is 5.32 Å². The zero-order valence-corrected chi connectivity index (χ0v) is 12.4. The number of amides is 1. The number of carbonyl (C=O) groups is 1. The van der Waals surface area contributed by atoms with Crippen LogP contribution in [0.1, 0.15) is 47.0 Å². The van der Waals surface area contributed by atoms with Gasteiger partial charge in [0, 0.05) is 0 Å². The van der Waals surface area contributed by atoms with Crippen LogP contribution in [-0.4, -0.2) is 41.8 Å². The van der Waals surface area contributed by atoms with E-state index in [2.05, 4.69) is 16.3 Å². The summed E-state index contributed by atoms with van der Waals surface area (Å²) in [5.41, 5.74) is -0.517. The predicted molar refractivity (Wildman–Crippen MR) is 73.7 cm³/mol. The molecule has 0 bridgehead atoms. The van der Waals surface area contributed by atoms with Gasteiger partial charge in [-0.3, -0.25) is 4.90 Å². The quantitative estimate of drug-likeness (QED) is 0.852. The van der Waals surface area contributed by atoms with Gasteiger partial charge < -0.3 is 10.1 Å². The molecule has 1 amide bonds. The fourth-order valence-corrected chi connectivity index (χ4v) is 2.28. The second kappa shape index (κ2) is 6.76. The summed E-state index contributed by atoms with van der Waals surface area (Å²) in [5, 5.41) is 12.1. The highest BCUT2D eigenvalue weighted by Crippen LogP contribution is 2.14. The molecule has 1 saturated heterocycles. The summed E-state index contributed by atoms with van der Waals surface area (Å²) in [6.45, 7) is 9.18. The molecular formula is C14H25N3O2. The first-order chi connectivity index (χ1) is 8.83. The molecule has 1 rings (SSSR count). The molecule has 1 aliphatic heterocycles. The molecule has 1 heterocycles. The third-order valence-electron chi connectivity index (χ3n) is 3.13. The molecule has 2 unspecified atom stereocenters. The molecule has 2 atom stereocenters. The van der Waals surface area contributed by atoms with Gasteiger partial charge in [0.25, 0.3) is 0 Å². The van der Waals surface area contributed by atoms with Crippen molar-refractivity contribution in [3.63, 3.8) is 0 Å². The van der Waals surface area contributed by atoms with E-state index in [0.29, 0.717) is 0 Å². The largest absolute Gasteiger partial charge is 0.444 e. The van der Waals surface area contributed by atoms with Crippen LogP contribution >= 0.6 is 0 Å². The average Bonchev–Trinajstić information content (AvgIpc) is 2.28. The first kappa shape index (κ1) is 15.8. The van der Waals surface area contributed by atoms with Crippen molar-refractivity contribution in [3.05, 3.63) is 0 Å². The van der Waals surface area contributed by atoms with Gasteiger partial charge in [-0.25, -0.2) is 4.79 Å². The first-order valence-electron chi connectivity index (χ1n) is 6.96. The number of piperidine rings is 1. The number of likely N-dealkylation sites (tertiary alicyclic amines) is 1. The summed E-state index contributed by atoms with van der Waals surface area (Å²) < 4.78 is 5.21. The van der Waals surface area contributed by atoms with Crippen LogP contribution in [0.15, 0.2) is 0 Å². The Hall–Kier alpha value is -1.28. The molecule has 5 heteroatoms. The summed E-state index contributed by atoms with van der Waals surface area (Å²) in [7, 11) is 0. The second-order valence-electron chi connectivity index (χ2n) is 6.11. The normalized spacial score (nSPS) is 20.2. The number of rotatable bonds is 3. The first-order valence-corrected chi connectivity index (χ1v) is 6.96. The van der Waals surface area contributed by atoms with Gasteiger partial charge in [0.2, 0.25) is 0 Å². The van der Waals surface area contributed by atoms with Gasteiger partial charge in [-0.2, -0.15) is 5.26 Å². The van der Waals surface area contributed by atoms with Crippen molar-refractivity contribution in [2.75, 3.05) is 13.1 Å². The van der Waals surface area contributed by atoms with Crippen molar-refractivity contribution in [3.8, 4) is 6.07 Å². The number of nitrogens with one attached hydrogen (secondary N) is 1. The molecule has 1 fully saturated rings. The minimum atomic E-state index is -0.517. The third kappa shape index (κ3) is 5.48. The molecule has 0 aromatic carbocycles. The molecule has 0 aromatic heterocycles. The Kier molecular flexibility index (Phi) is 5.61. The molecule has 0 radical (unpaired) electrons. The van der Waals surface area contributed by atoms with E-state index < -0.39 is 11.7 Å². The van der Waals surface area contributed by atoms with Crippen LogP contribution in [0.3, 0.4) is 0 Å². The average molecular weight is 267 g/mol. The molecule has 108 valence electrons. The van der Waals surface area contributed by atoms with Crippen molar-refractivity contribution >= 4 is 6.09 Å². The van der Waals surface area contributed by atoms with Gasteiger partial charge in [0.15, 0.2) is 0 Å². The summed E-state index contributed by atoms with van der Waals surface area (Å²) in [4.78, 5) is 13.9. The van der Waals surface area contributed by atoms with Gasteiger partial charge in [-0.1, -0.05) is 6.42 Å². The zero-order valence-electron chi connectivity index (χ0n) is 12.4. The van der Waals surface area contributed by atoms with Crippen LogP contribution in [-0.2, 0) is 4.74 Å². The van der Waals surface area contributed by atoms with Crippen LogP contribution in [0.5, 0.6) is 0 Å². The van der Waals surface area contributed by atoms with Gasteiger partial charge in [0.05, 0.1) is 12.1 Å². The number of hydrogen-bond acceptors (Lipinski definition) is 4. The molecule has 0 aromatic rings. The highest BCUT2D eigenvalue weighted by atomic mass is 16.6. The van der Waals surface area contributed by atoms with Crippen molar-refractivity contribution in [2.45, 2.75) is 64.6 Å². The second-order valence-corrected chi connectivity index (χ2v) is 6.11. The molecular weight excluding hydrogens is 242 g/mol. The van der Waals surface area contributed by atoms with Gasteiger partial charge in [-0.05, 0) is 53.6 Å². The minimum absolute atomic E-state index is 0.238. The molecule has 0 saturated carbocycles. The lowest BCUT2D eigenvalue weighted by Crippen LogP contribution is -2.51. The number of carbonyl (C=O) groups excluding carboxylic acids is 1. The van der Waals surface area contributed by atoms with Gasteiger partial charge >= 0.3 is 6.09 Å². The highest BCUT2D eigenvalue weighted by Gasteiger charge is 2.28. The fraction of sp³-hybridized carbons (Fsp3) is 0.857. The van der Waals surface area contributed by atoms with Crippen LogP contribution in [0.2, 0.25) is 0 Å². The number of hydrogen-bond donors (Lipinski definition) is 1. The molecule has 0 spiro atoms. The SMILES string of the molecule is CC(NC(=O)OC(C)(C)C)C(C#N)N1CCCCC1. The van der Waals surface area contributed by atoms with Gasteiger partial charge in [0.1, 0.15) is 11.6 Å². The maximum Gasteiger partial charge on any atom is 0.407 e. The van der Waals surface area contributed by atoms with Crippen LogP contribution in [0, 0.1) is 11.3 Å². The standard InChI is InChI=1S/C14H25N3O2/c1-11(16-13(18)19-14(2,3)4)12(10-15)17-8-6-5-7-9-17/h11-12H,5-9H2,1-4H3,(H,16,18). The maximum atomic E-state index is 11.7. The zero-order chi connectivity index (χ0) is 14.5. The molecule has 1 aliphatic rings. The predicted octanol–water partition coefficient (Wildman–Crippen LogP) is 2.28. The van der Waals surface area contributed by atoms with Gasteiger partial charge in [-0.15, -0.1) is 0 Å². The van der Waals surface area contributed by atoms with E-state index in [-0.39, 0.29) is 12.1 Å². The molecule has 0 aliphatic carbocycles. The van der Waals surface area contributed by atoms with E-state index in [0.717, 1.165) is 25.9 Å².